The Labute approximate surface area is 127 Å². The van der Waals surface area contributed by atoms with Gasteiger partial charge in [0, 0.05) is 6.42 Å². The Kier molecular flexibility index (Phi) is 5.14. The van der Waals surface area contributed by atoms with E-state index in [1.807, 2.05) is 13.0 Å². The molecule has 1 amide bonds. The molecule has 0 aliphatic carbocycles. The van der Waals surface area contributed by atoms with Crippen molar-refractivity contribution >= 4 is 17.2 Å². The van der Waals surface area contributed by atoms with Crippen LogP contribution in [0.1, 0.15) is 38.2 Å². The van der Waals surface area contributed by atoms with Crippen LogP contribution in [0.5, 0.6) is 0 Å². The van der Waals surface area contributed by atoms with Gasteiger partial charge in [0.2, 0.25) is 5.89 Å². The van der Waals surface area contributed by atoms with Crippen molar-refractivity contribution < 1.29 is 14.3 Å². The Balaban J connectivity index is 2.00. The number of nitrogens with one attached hydrogen (secondary N) is 1. The van der Waals surface area contributed by atoms with Crippen molar-refractivity contribution in [2.24, 2.45) is 0 Å². The van der Waals surface area contributed by atoms with Crippen LogP contribution < -0.4 is 5.32 Å². The normalized spacial score (nSPS) is 10.0. The first-order valence-electron chi connectivity index (χ1n) is 6.50. The first kappa shape index (κ1) is 15.3. The van der Waals surface area contributed by atoms with Gasteiger partial charge in [-0.05, 0) is 25.5 Å². The topological polar surface area (TPSA) is 75.4 Å². The molecule has 0 unspecified atom stereocenters. The summed E-state index contributed by atoms with van der Waals surface area (Å²) in [6.07, 6.45) is 2.05. The highest BCUT2D eigenvalue weighted by atomic mass is 32.1. The molecule has 0 saturated carbocycles. The van der Waals surface area contributed by atoms with Crippen LogP contribution in [0.2, 0.25) is 0 Å². The number of carbonyl (C=O) groups excluding carboxylic acids is 1. The first-order chi connectivity index (χ1) is 10.1. The minimum atomic E-state index is -0.172. The SMILES string of the molecule is Cc1cnc(CNC(=O)c2cc(C)c(C#CCCO)s2)o1. The highest BCUT2D eigenvalue weighted by molar-refractivity contribution is 7.14. The molecular weight excluding hydrogens is 288 g/mol. The minimum absolute atomic E-state index is 0.0420. The second-order valence-corrected chi connectivity index (χ2v) is 5.50. The molecule has 2 aromatic rings. The third kappa shape index (κ3) is 4.18. The Morgan fingerprint density at radius 2 is 2.33 bits per heavy atom. The summed E-state index contributed by atoms with van der Waals surface area (Å²) in [4.78, 5) is 17.5. The van der Waals surface area contributed by atoms with Gasteiger partial charge in [-0.2, -0.15) is 0 Å². The summed E-state index contributed by atoms with van der Waals surface area (Å²) in [6.45, 7) is 4.02. The number of aliphatic hydroxyl groups is 1. The van der Waals surface area contributed by atoms with Crippen molar-refractivity contribution in [2.45, 2.75) is 26.8 Å². The zero-order valence-corrected chi connectivity index (χ0v) is 12.7. The lowest BCUT2D eigenvalue weighted by molar-refractivity contribution is 0.0951. The summed E-state index contributed by atoms with van der Waals surface area (Å²) < 4.78 is 5.30. The highest BCUT2D eigenvalue weighted by Gasteiger charge is 2.12. The van der Waals surface area contributed by atoms with Crippen LogP contribution in [0.15, 0.2) is 16.7 Å². The molecule has 2 rings (SSSR count). The smallest absolute Gasteiger partial charge is 0.261 e. The van der Waals surface area contributed by atoms with E-state index in [-0.39, 0.29) is 19.1 Å². The van der Waals surface area contributed by atoms with Gasteiger partial charge in [-0.15, -0.1) is 11.3 Å². The molecule has 5 nitrogen and oxygen atoms in total. The van der Waals surface area contributed by atoms with Crippen LogP contribution in [-0.2, 0) is 6.54 Å². The molecular formula is C15H16N2O3S. The number of thiophene rings is 1. The average molecular weight is 304 g/mol. The summed E-state index contributed by atoms with van der Waals surface area (Å²) in [6, 6.07) is 1.81. The molecule has 2 aromatic heterocycles. The maximum absolute atomic E-state index is 12.1. The van der Waals surface area contributed by atoms with Crippen molar-refractivity contribution in [3.05, 3.63) is 39.2 Å². The first-order valence-corrected chi connectivity index (χ1v) is 7.31. The molecule has 2 heterocycles. The number of hydrogen-bond donors (Lipinski definition) is 2. The van der Waals surface area contributed by atoms with E-state index in [4.69, 9.17) is 9.52 Å². The van der Waals surface area contributed by atoms with Gasteiger partial charge in [0.05, 0.1) is 29.1 Å². The van der Waals surface area contributed by atoms with Crippen LogP contribution in [0.25, 0.3) is 0 Å². The maximum Gasteiger partial charge on any atom is 0.261 e. The lowest BCUT2D eigenvalue weighted by Crippen LogP contribution is -2.21. The van der Waals surface area contributed by atoms with E-state index in [1.165, 1.54) is 11.3 Å². The molecule has 0 saturated heterocycles. The molecule has 0 aromatic carbocycles. The van der Waals surface area contributed by atoms with E-state index in [9.17, 15) is 4.79 Å². The number of aryl methyl sites for hydroxylation is 2. The van der Waals surface area contributed by atoms with Gasteiger partial charge in [-0.3, -0.25) is 4.79 Å². The van der Waals surface area contributed by atoms with E-state index in [0.29, 0.717) is 22.9 Å². The molecule has 0 spiro atoms. The number of nitrogens with zero attached hydrogens (tertiary/aromatic N) is 1. The molecule has 0 bridgehead atoms. The second-order valence-electron chi connectivity index (χ2n) is 4.45. The largest absolute Gasteiger partial charge is 0.444 e. The van der Waals surface area contributed by atoms with Gasteiger partial charge in [0.25, 0.3) is 5.91 Å². The number of amides is 1. The molecule has 0 fully saturated rings. The maximum atomic E-state index is 12.1. The number of aliphatic hydroxyl groups excluding tert-OH is 1. The molecule has 0 radical (unpaired) electrons. The zero-order valence-electron chi connectivity index (χ0n) is 11.9. The van der Waals surface area contributed by atoms with Gasteiger partial charge >= 0.3 is 0 Å². The van der Waals surface area contributed by atoms with Gasteiger partial charge in [-0.25, -0.2) is 4.98 Å². The van der Waals surface area contributed by atoms with Crippen molar-refractivity contribution in [2.75, 3.05) is 6.61 Å². The summed E-state index contributed by atoms with van der Waals surface area (Å²) in [5, 5.41) is 11.5. The monoisotopic (exact) mass is 304 g/mol. The summed E-state index contributed by atoms with van der Waals surface area (Å²) in [5.41, 5.74) is 0.961. The lowest BCUT2D eigenvalue weighted by Gasteiger charge is -1.99. The minimum Gasteiger partial charge on any atom is -0.444 e. The fraction of sp³-hybridized carbons (Fsp3) is 0.333. The van der Waals surface area contributed by atoms with Gasteiger partial charge in [0.1, 0.15) is 5.76 Å². The Morgan fingerprint density at radius 3 is 3.00 bits per heavy atom. The number of oxazole rings is 1. The fourth-order valence-electron chi connectivity index (χ4n) is 1.64. The number of carbonyl (C=O) groups is 1. The standard InChI is InChI=1S/C15H16N2O3S/c1-10-7-13(21-12(10)5-3-4-6-18)15(19)17-9-14-16-8-11(2)20-14/h7-8,18H,4,6,9H2,1-2H3,(H,17,19). The van der Waals surface area contributed by atoms with Crippen LogP contribution >= 0.6 is 11.3 Å². The van der Waals surface area contributed by atoms with Crippen molar-refractivity contribution in [1.82, 2.24) is 10.3 Å². The van der Waals surface area contributed by atoms with E-state index in [2.05, 4.69) is 22.1 Å². The van der Waals surface area contributed by atoms with E-state index >= 15 is 0 Å². The Morgan fingerprint density at radius 1 is 1.52 bits per heavy atom. The lowest BCUT2D eigenvalue weighted by atomic mass is 10.2. The molecule has 110 valence electrons. The second kappa shape index (κ2) is 7.07. The van der Waals surface area contributed by atoms with Crippen LogP contribution in [-0.4, -0.2) is 22.6 Å². The van der Waals surface area contributed by atoms with Crippen LogP contribution in [0, 0.1) is 25.7 Å². The molecule has 2 N–H and O–H groups in total. The van der Waals surface area contributed by atoms with Crippen LogP contribution in [0.4, 0.5) is 0 Å². The molecule has 6 heteroatoms. The van der Waals surface area contributed by atoms with Gasteiger partial charge < -0.3 is 14.8 Å². The molecule has 21 heavy (non-hydrogen) atoms. The third-order valence-electron chi connectivity index (χ3n) is 2.65. The van der Waals surface area contributed by atoms with E-state index < -0.39 is 0 Å². The third-order valence-corrected chi connectivity index (χ3v) is 3.80. The predicted molar refractivity (Wildman–Crippen MR) is 80.0 cm³/mol. The van der Waals surface area contributed by atoms with Gasteiger partial charge in [0.15, 0.2) is 0 Å². The predicted octanol–water partition coefficient (Wildman–Crippen LogP) is 2.02. The van der Waals surface area contributed by atoms with Crippen molar-refractivity contribution in [3.63, 3.8) is 0 Å². The van der Waals surface area contributed by atoms with E-state index in [0.717, 1.165) is 10.4 Å². The van der Waals surface area contributed by atoms with Crippen molar-refractivity contribution in [3.8, 4) is 11.8 Å². The average Bonchev–Trinajstić information content (AvgIpc) is 3.03. The fourth-order valence-corrected chi connectivity index (χ4v) is 2.61. The summed E-state index contributed by atoms with van der Waals surface area (Å²) in [7, 11) is 0. The molecule has 0 aliphatic rings. The van der Waals surface area contributed by atoms with E-state index in [1.54, 1.807) is 13.1 Å². The zero-order chi connectivity index (χ0) is 15.2. The quantitative estimate of drug-likeness (QED) is 0.847. The van der Waals surface area contributed by atoms with Crippen molar-refractivity contribution in [1.29, 1.82) is 0 Å². The highest BCUT2D eigenvalue weighted by Crippen LogP contribution is 2.21. The van der Waals surface area contributed by atoms with Crippen LogP contribution in [0.3, 0.4) is 0 Å². The Hall–Kier alpha value is -2.10. The molecule has 0 atom stereocenters. The molecule has 0 aliphatic heterocycles. The number of hydrogen-bond acceptors (Lipinski definition) is 5. The summed E-state index contributed by atoms with van der Waals surface area (Å²) >= 11 is 1.34. The summed E-state index contributed by atoms with van der Waals surface area (Å²) in [5.74, 6) is 6.85. The van der Waals surface area contributed by atoms with Gasteiger partial charge in [-0.1, -0.05) is 11.8 Å². The number of rotatable bonds is 4. The Bertz CT molecular complexity index is 691. The number of aromatic nitrogens is 1.